The maximum Gasteiger partial charge on any atom is 0.254 e. The number of rotatable bonds is 5. The van der Waals surface area contributed by atoms with E-state index in [2.05, 4.69) is 10.3 Å². The van der Waals surface area contributed by atoms with E-state index in [0.717, 1.165) is 16.7 Å². The lowest BCUT2D eigenvalue weighted by Crippen LogP contribution is -2.31. The summed E-state index contributed by atoms with van der Waals surface area (Å²) in [6.45, 7) is 2.39. The summed E-state index contributed by atoms with van der Waals surface area (Å²) in [4.78, 5) is 28.6. The first-order valence-corrected chi connectivity index (χ1v) is 8.06. The minimum atomic E-state index is -0.250. The third kappa shape index (κ3) is 4.41. The minimum Gasteiger partial charge on any atom is -0.350 e. The second kappa shape index (κ2) is 7.57. The Morgan fingerprint density at radius 2 is 1.80 bits per heavy atom. The number of nitrogens with zero attached hydrogens (tertiary/aromatic N) is 2. The van der Waals surface area contributed by atoms with Crippen LogP contribution in [0.25, 0.3) is 11.3 Å². The molecule has 1 N–H and O–H groups in total. The van der Waals surface area contributed by atoms with Gasteiger partial charge in [0.05, 0.1) is 12.0 Å². The number of nitrogens with one attached hydrogen (secondary N) is 1. The number of amides is 1. The molecule has 0 bridgehead atoms. The van der Waals surface area contributed by atoms with E-state index in [1.54, 1.807) is 0 Å². The Hall–Kier alpha value is -3.21. The quantitative estimate of drug-likeness (QED) is 0.780. The zero-order valence-electron chi connectivity index (χ0n) is 14.0. The summed E-state index contributed by atoms with van der Waals surface area (Å²) in [6.07, 6.45) is 1.42. The Morgan fingerprint density at radius 1 is 1.08 bits per heavy atom. The van der Waals surface area contributed by atoms with Gasteiger partial charge in [0.15, 0.2) is 0 Å². The molecule has 25 heavy (non-hydrogen) atoms. The van der Waals surface area contributed by atoms with Crippen LogP contribution in [0.15, 0.2) is 71.8 Å². The van der Waals surface area contributed by atoms with Gasteiger partial charge in [0.25, 0.3) is 5.56 Å². The van der Waals surface area contributed by atoms with Gasteiger partial charge in [0, 0.05) is 18.2 Å². The smallest absolute Gasteiger partial charge is 0.254 e. The summed E-state index contributed by atoms with van der Waals surface area (Å²) in [6, 6.07) is 18.9. The first-order valence-electron chi connectivity index (χ1n) is 8.06. The minimum absolute atomic E-state index is 0.0488. The Morgan fingerprint density at radius 3 is 2.48 bits per heavy atom. The van der Waals surface area contributed by atoms with Crippen molar-refractivity contribution < 1.29 is 4.79 Å². The average molecular weight is 333 g/mol. The van der Waals surface area contributed by atoms with Gasteiger partial charge in [0.1, 0.15) is 6.54 Å². The number of carbonyl (C=O) groups is 1. The summed E-state index contributed by atoms with van der Waals surface area (Å²) in [5.74, 6) is -0.226. The van der Waals surface area contributed by atoms with Gasteiger partial charge in [-0.25, -0.2) is 4.98 Å². The van der Waals surface area contributed by atoms with Crippen LogP contribution in [0.3, 0.4) is 0 Å². The molecule has 0 atom stereocenters. The fourth-order valence-electron chi connectivity index (χ4n) is 2.43. The molecular formula is C20H19N3O2. The highest BCUT2D eigenvalue weighted by Crippen LogP contribution is 2.15. The van der Waals surface area contributed by atoms with Crippen molar-refractivity contribution in [3.63, 3.8) is 0 Å². The van der Waals surface area contributed by atoms with Crippen LogP contribution in [-0.2, 0) is 17.9 Å². The molecule has 0 saturated heterocycles. The monoisotopic (exact) mass is 333 g/mol. The number of carbonyl (C=O) groups excluding carboxylic acids is 1. The van der Waals surface area contributed by atoms with E-state index in [0.29, 0.717) is 12.2 Å². The first-order chi connectivity index (χ1) is 12.1. The third-order valence-corrected chi connectivity index (χ3v) is 3.87. The zero-order valence-corrected chi connectivity index (χ0v) is 14.0. The molecule has 5 nitrogen and oxygen atoms in total. The van der Waals surface area contributed by atoms with Gasteiger partial charge in [-0.3, -0.25) is 14.2 Å². The molecule has 0 aliphatic carbocycles. The molecule has 0 unspecified atom stereocenters. The van der Waals surface area contributed by atoms with Crippen LogP contribution >= 0.6 is 0 Å². The highest BCUT2D eigenvalue weighted by atomic mass is 16.2. The van der Waals surface area contributed by atoms with Gasteiger partial charge < -0.3 is 5.32 Å². The van der Waals surface area contributed by atoms with E-state index in [1.807, 2.05) is 61.5 Å². The van der Waals surface area contributed by atoms with Gasteiger partial charge in [-0.05, 0) is 12.5 Å². The topological polar surface area (TPSA) is 64.0 Å². The van der Waals surface area contributed by atoms with Crippen molar-refractivity contribution in [3.8, 4) is 11.3 Å². The van der Waals surface area contributed by atoms with Crippen molar-refractivity contribution in [1.82, 2.24) is 14.9 Å². The lowest BCUT2D eigenvalue weighted by atomic mass is 10.1. The second-order valence-corrected chi connectivity index (χ2v) is 5.87. The third-order valence-electron chi connectivity index (χ3n) is 3.87. The fraction of sp³-hybridized carbons (Fsp3) is 0.150. The molecule has 0 radical (unpaired) electrons. The second-order valence-electron chi connectivity index (χ2n) is 5.87. The van der Waals surface area contributed by atoms with Crippen LogP contribution in [0.4, 0.5) is 0 Å². The van der Waals surface area contributed by atoms with Gasteiger partial charge in [-0.15, -0.1) is 0 Å². The van der Waals surface area contributed by atoms with Crippen molar-refractivity contribution in [2.45, 2.75) is 20.0 Å². The average Bonchev–Trinajstić information content (AvgIpc) is 2.63. The molecule has 1 aromatic heterocycles. The zero-order chi connectivity index (χ0) is 17.6. The number of hydrogen-bond acceptors (Lipinski definition) is 3. The van der Waals surface area contributed by atoms with Crippen LogP contribution in [-0.4, -0.2) is 15.5 Å². The summed E-state index contributed by atoms with van der Waals surface area (Å²) in [5.41, 5.74) is 3.39. The highest BCUT2D eigenvalue weighted by molar-refractivity contribution is 5.75. The largest absolute Gasteiger partial charge is 0.350 e. The van der Waals surface area contributed by atoms with Crippen molar-refractivity contribution in [2.24, 2.45) is 0 Å². The van der Waals surface area contributed by atoms with Gasteiger partial charge in [0.2, 0.25) is 5.91 Å². The predicted octanol–water partition coefficient (Wildman–Crippen LogP) is 2.54. The van der Waals surface area contributed by atoms with Crippen molar-refractivity contribution >= 4 is 5.91 Å². The lowest BCUT2D eigenvalue weighted by Gasteiger charge is -2.08. The van der Waals surface area contributed by atoms with Crippen molar-refractivity contribution in [1.29, 1.82) is 0 Å². The van der Waals surface area contributed by atoms with E-state index in [9.17, 15) is 9.59 Å². The lowest BCUT2D eigenvalue weighted by molar-refractivity contribution is -0.121. The molecule has 0 fully saturated rings. The van der Waals surface area contributed by atoms with Crippen LogP contribution in [0, 0.1) is 6.92 Å². The fourth-order valence-corrected chi connectivity index (χ4v) is 2.43. The molecule has 0 saturated carbocycles. The maximum absolute atomic E-state index is 12.2. The summed E-state index contributed by atoms with van der Waals surface area (Å²) < 4.78 is 1.30. The molecule has 2 aromatic carbocycles. The SMILES string of the molecule is Cc1ccc(-c2cc(=O)n(CC(=O)NCc3ccccc3)cn2)cc1. The Kier molecular flexibility index (Phi) is 5.04. The standard InChI is InChI=1S/C20H19N3O2/c1-15-7-9-17(10-8-15)18-11-20(25)23(14-22-18)13-19(24)21-12-16-5-3-2-4-6-16/h2-11,14H,12-13H2,1H3,(H,21,24). The molecule has 1 amide bonds. The molecular weight excluding hydrogens is 314 g/mol. The number of hydrogen-bond donors (Lipinski definition) is 1. The van der Waals surface area contributed by atoms with Crippen LogP contribution in [0.5, 0.6) is 0 Å². The molecule has 3 aromatic rings. The van der Waals surface area contributed by atoms with E-state index in [-0.39, 0.29) is 18.0 Å². The Labute approximate surface area is 146 Å². The van der Waals surface area contributed by atoms with E-state index in [4.69, 9.17) is 0 Å². The van der Waals surface area contributed by atoms with Gasteiger partial charge in [-0.1, -0.05) is 60.2 Å². The number of aryl methyl sites for hydroxylation is 1. The maximum atomic E-state index is 12.2. The number of aromatic nitrogens is 2. The normalized spacial score (nSPS) is 10.4. The summed E-state index contributed by atoms with van der Waals surface area (Å²) in [7, 11) is 0. The van der Waals surface area contributed by atoms with Gasteiger partial charge in [-0.2, -0.15) is 0 Å². The molecule has 5 heteroatoms. The first kappa shape index (κ1) is 16.6. The van der Waals surface area contributed by atoms with Crippen molar-refractivity contribution in [2.75, 3.05) is 0 Å². The van der Waals surface area contributed by atoms with E-state index < -0.39 is 0 Å². The van der Waals surface area contributed by atoms with Crippen LogP contribution in [0.2, 0.25) is 0 Å². The molecule has 3 rings (SSSR count). The Bertz CT molecular complexity index is 916. The number of benzene rings is 2. The van der Waals surface area contributed by atoms with Gasteiger partial charge >= 0.3 is 0 Å². The molecule has 0 spiro atoms. The van der Waals surface area contributed by atoms with Crippen LogP contribution < -0.4 is 10.9 Å². The molecule has 0 aliphatic heterocycles. The molecule has 126 valence electrons. The molecule has 1 heterocycles. The van der Waals surface area contributed by atoms with E-state index in [1.165, 1.54) is 17.0 Å². The van der Waals surface area contributed by atoms with Crippen LogP contribution in [0.1, 0.15) is 11.1 Å². The molecule has 0 aliphatic rings. The van der Waals surface area contributed by atoms with E-state index >= 15 is 0 Å². The summed E-state index contributed by atoms with van der Waals surface area (Å²) >= 11 is 0. The van der Waals surface area contributed by atoms with Crippen molar-refractivity contribution in [3.05, 3.63) is 88.5 Å². The highest BCUT2D eigenvalue weighted by Gasteiger charge is 2.07. The summed E-state index contributed by atoms with van der Waals surface area (Å²) in [5, 5.41) is 2.80. The predicted molar refractivity (Wildman–Crippen MR) is 97.0 cm³/mol. The Balaban J connectivity index is 1.66.